The van der Waals surface area contributed by atoms with Crippen LogP contribution < -0.4 is 0 Å². The van der Waals surface area contributed by atoms with Gasteiger partial charge in [0.25, 0.3) is 0 Å². The van der Waals surface area contributed by atoms with E-state index >= 15 is 0 Å². The fourth-order valence-corrected chi connectivity index (χ4v) is 2.02. The molecule has 0 aliphatic rings. The molecule has 56 valence electrons. The topological polar surface area (TPSA) is 17.8 Å². The summed E-state index contributed by atoms with van der Waals surface area (Å²) in [5.41, 5.74) is 1.24. The van der Waals surface area contributed by atoms with Crippen LogP contribution in [-0.4, -0.2) is 9.55 Å². The van der Waals surface area contributed by atoms with Gasteiger partial charge < -0.3 is 4.57 Å². The lowest BCUT2D eigenvalue weighted by atomic mass is 10.3. The summed E-state index contributed by atoms with van der Waals surface area (Å²) in [7, 11) is 2.05. The van der Waals surface area contributed by atoms with E-state index < -0.39 is 0 Å². The zero-order chi connectivity index (χ0) is 7.84. The number of hydrogen-bond donors (Lipinski definition) is 0. The molecular formula is C8H7IN2. The predicted molar refractivity (Wildman–Crippen MR) is 53.4 cm³/mol. The Hall–Kier alpha value is -0.580. The molecule has 0 saturated carbocycles. The number of aromatic nitrogens is 2. The fourth-order valence-electron chi connectivity index (χ4n) is 1.19. The highest BCUT2D eigenvalue weighted by Crippen LogP contribution is 2.20. The summed E-state index contributed by atoms with van der Waals surface area (Å²) >= 11 is 2.32. The molecule has 0 N–H and O–H groups in total. The first-order valence-corrected chi connectivity index (χ1v) is 4.41. The van der Waals surface area contributed by atoms with Crippen molar-refractivity contribution in [1.29, 1.82) is 0 Å². The zero-order valence-electron chi connectivity index (χ0n) is 6.08. The second-order valence-corrected chi connectivity index (χ2v) is 3.64. The number of halogens is 1. The first-order valence-electron chi connectivity index (χ1n) is 3.33. The quantitative estimate of drug-likeness (QED) is 0.662. The Morgan fingerprint density at radius 1 is 1.55 bits per heavy atom. The molecule has 0 fully saturated rings. The van der Waals surface area contributed by atoms with E-state index in [1.54, 1.807) is 0 Å². The highest BCUT2D eigenvalue weighted by Gasteiger charge is 2.01. The van der Waals surface area contributed by atoms with E-state index in [0.717, 1.165) is 0 Å². The molecule has 0 spiro atoms. The second kappa shape index (κ2) is 2.48. The van der Waals surface area contributed by atoms with Crippen LogP contribution in [0, 0.1) is 3.57 Å². The third-order valence-corrected chi connectivity index (χ3v) is 2.60. The van der Waals surface area contributed by atoms with Gasteiger partial charge in [-0.25, -0.2) is 0 Å². The molecule has 2 nitrogen and oxygen atoms in total. The summed E-state index contributed by atoms with van der Waals surface area (Å²) in [5, 5.41) is 1.23. The average Bonchev–Trinajstić information content (AvgIpc) is 2.30. The van der Waals surface area contributed by atoms with Crippen molar-refractivity contribution in [2.45, 2.75) is 0 Å². The summed E-state index contributed by atoms with van der Waals surface area (Å²) in [6.07, 6.45) is 5.82. The summed E-state index contributed by atoms with van der Waals surface area (Å²) in [6.45, 7) is 0. The maximum absolute atomic E-state index is 4.07. The molecule has 11 heavy (non-hydrogen) atoms. The first-order chi connectivity index (χ1) is 5.29. The summed E-state index contributed by atoms with van der Waals surface area (Å²) < 4.78 is 3.37. The SMILES string of the molecule is Cn1cc(I)c2cnccc21. The minimum absolute atomic E-state index is 1.23. The first kappa shape index (κ1) is 7.09. The molecule has 0 radical (unpaired) electrons. The summed E-state index contributed by atoms with van der Waals surface area (Å²) in [6, 6.07) is 2.03. The van der Waals surface area contributed by atoms with Crippen molar-refractivity contribution in [2.75, 3.05) is 0 Å². The van der Waals surface area contributed by atoms with E-state index in [0.29, 0.717) is 0 Å². The molecule has 3 heteroatoms. The van der Waals surface area contributed by atoms with Crippen molar-refractivity contribution in [2.24, 2.45) is 7.05 Å². The standard InChI is InChI=1S/C8H7IN2/c1-11-5-7(9)6-4-10-3-2-8(6)11/h2-5H,1H3. The van der Waals surface area contributed by atoms with Gasteiger partial charge in [-0.1, -0.05) is 0 Å². The van der Waals surface area contributed by atoms with Gasteiger partial charge >= 0.3 is 0 Å². The lowest BCUT2D eigenvalue weighted by Crippen LogP contribution is -1.82. The van der Waals surface area contributed by atoms with E-state index in [1.165, 1.54) is 14.5 Å². The number of aryl methyl sites for hydroxylation is 1. The van der Waals surface area contributed by atoms with Crippen LogP contribution in [0.4, 0.5) is 0 Å². The molecule has 0 aromatic carbocycles. The van der Waals surface area contributed by atoms with E-state index in [-0.39, 0.29) is 0 Å². The minimum atomic E-state index is 1.23. The van der Waals surface area contributed by atoms with Gasteiger partial charge in [0.05, 0.1) is 5.52 Å². The van der Waals surface area contributed by atoms with E-state index in [2.05, 4.69) is 38.3 Å². The van der Waals surface area contributed by atoms with Crippen LogP contribution in [0.5, 0.6) is 0 Å². The highest BCUT2D eigenvalue weighted by molar-refractivity contribution is 14.1. The summed E-state index contributed by atoms with van der Waals surface area (Å²) in [4.78, 5) is 4.07. The van der Waals surface area contributed by atoms with Crippen molar-refractivity contribution < 1.29 is 0 Å². The molecule has 0 amide bonds. The zero-order valence-corrected chi connectivity index (χ0v) is 8.24. The van der Waals surface area contributed by atoms with Crippen LogP contribution in [0.25, 0.3) is 10.9 Å². The molecule has 0 bridgehead atoms. The lowest BCUT2D eigenvalue weighted by Gasteiger charge is -1.91. The number of fused-ring (bicyclic) bond motifs is 1. The van der Waals surface area contributed by atoms with Gasteiger partial charge in [0.2, 0.25) is 0 Å². The van der Waals surface area contributed by atoms with Crippen molar-refractivity contribution in [1.82, 2.24) is 9.55 Å². The number of nitrogens with zero attached hydrogens (tertiary/aromatic N) is 2. The third-order valence-electron chi connectivity index (χ3n) is 1.74. The largest absolute Gasteiger partial charge is 0.349 e. The van der Waals surface area contributed by atoms with E-state index in [4.69, 9.17) is 0 Å². The van der Waals surface area contributed by atoms with Gasteiger partial charge in [-0.15, -0.1) is 0 Å². The molecule has 2 rings (SSSR count). The molecule has 0 aliphatic heterocycles. The fraction of sp³-hybridized carbons (Fsp3) is 0.125. The molecule has 0 unspecified atom stereocenters. The Morgan fingerprint density at radius 3 is 3.09 bits per heavy atom. The maximum Gasteiger partial charge on any atom is 0.0519 e. The van der Waals surface area contributed by atoms with E-state index in [1.807, 2.05) is 25.5 Å². The maximum atomic E-state index is 4.07. The van der Waals surface area contributed by atoms with Crippen molar-refractivity contribution in [3.8, 4) is 0 Å². The smallest absolute Gasteiger partial charge is 0.0519 e. The normalized spacial score (nSPS) is 10.7. The molecule has 2 heterocycles. The van der Waals surface area contributed by atoms with Crippen LogP contribution in [0.1, 0.15) is 0 Å². The molecule has 0 atom stereocenters. The van der Waals surface area contributed by atoms with Crippen LogP contribution in [0.2, 0.25) is 0 Å². The predicted octanol–water partition coefficient (Wildman–Crippen LogP) is 2.18. The van der Waals surface area contributed by atoms with Crippen LogP contribution in [0.15, 0.2) is 24.7 Å². The van der Waals surface area contributed by atoms with Gasteiger partial charge in [0.15, 0.2) is 0 Å². The average molecular weight is 258 g/mol. The van der Waals surface area contributed by atoms with Crippen molar-refractivity contribution >= 4 is 33.5 Å². The van der Waals surface area contributed by atoms with Crippen LogP contribution >= 0.6 is 22.6 Å². The van der Waals surface area contributed by atoms with Crippen molar-refractivity contribution in [3.63, 3.8) is 0 Å². The Bertz CT molecular complexity index is 356. The number of hydrogen-bond acceptors (Lipinski definition) is 1. The van der Waals surface area contributed by atoms with E-state index in [9.17, 15) is 0 Å². The van der Waals surface area contributed by atoms with Gasteiger partial charge in [0, 0.05) is 34.6 Å². The molecule has 2 aromatic rings. The highest BCUT2D eigenvalue weighted by atomic mass is 127. The van der Waals surface area contributed by atoms with Gasteiger partial charge in [-0.05, 0) is 28.7 Å². The number of rotatable bonds is 0. The van der Waals surface area contributed by atoms with Crippen LogP contribution in [-0.2, 0) is 7.05 Å². The van der Waals surface area contributed by atoms with Crippen molar-refractivity contribution in [3.05, 3.63) is 28.2 Å². The minimum Gasteiger partial charge on any atom is -0.349 e. The van der Waals surface area contributed by atoms with Crippen LogP contribution in [0.3, 0.4) is 0 Å². The van der Waals surface area contributed by atoms with Gasteiger partial charge in [-0.2, -0.15) is 0 Å². The van der Waals surface area contributed by atoms with Gasteiger partial charge in [0.1, 0.15) is 0 Å². The Labute approximate surface area is 78.4 Å². The van der Waals surface area contributed by atoms with Gasteiger partial charge in [-0.3, -0.25) is 4.98 Å². The second-order valence-electron chi connectivity index (χ2n) is 2.48. The monoisotopic (exact) mass is 258 g/mol. The molecule has 0 saturated heterocycles. The number of pyridine rings is 1. The molecular weight excluding hydrogens is 251 g/mol. The third kappa shape index (κ3) is 1.03. The Morgan fingerprint density at radius 2 is 2.36 bits per heavy atom. The lowest BCUT2D eigenvalue weighted by molar-refractivity contribution is 0.965. The summed E-state index contributed by atoms with van der Waals surface area (Å²) in [5.74, 6) is 0. The molecule has 0 aliphatic carbocycles. The Kier molecular flexibility index (Phi) is 1.60. The molecule has 2 aromatic heterocycles. The Balaban J connectivity index is 2.95.